The number of aliphatic carboxylic acids is 1. The predicted octanol–water partition coefficient (Wildman–Crippen LogP) is 6.02. The van der Waals surface area contributed by atoms with Crippen LogP contribution in [0.15, 0.2) is 35.9 Å². The summed E-state index contributed by atoms with van der Waals surface area (Å²) in [6, 6.07) is 7.46. The maximum atomic E-state index is 12.9. The molecule has 7 heteroatoms. The third-order valence-corrected chi connectivity index (χ3v) is 11.2. The van der Waals surface area contributed by atoms with Gasteiger partial charge in [0.15, 0.2) is 5.78 Å². The van der Waals surface area contributed by atoms with E-state index >= 15 is 0 Å². The van der Waals surface area contributed by atoms with Gasteiger partial charge in [-0.15, -0.1) is 11.6 Å². The van der Waals surface area contributed by atoms with Gasteiger partial charge in [0.1, 0.15) is 12.0 Å². The van der Waals surface area contributed by atoms with Gasteiger partial charge >= 0.3 is 11.9 Å². The zero-order valence-corrected chi connectivity index (χ0v) is 22.4. The number of hydrogen-bond acceptors (Lipinski definition) is 4. The average molecular weight is 597 g/mol. The van der Waals surface area contributed by atoms with Crippen molar-refractivity contribution in [2.45, 2.75) is 69.8 Å². The Balaban J connectivity index is 1.41. The Morgan fingerprint density at radius 3 is 2.62 bits per heavy atom. The number of esters is 1. The van der Waals surface area contributed by atoms with Crippen LogP contribution < -0.4 is 0 Å². The second-order valence-electron chi connectivity index (χ2n) is 11.1. The first kappa shape index (κ1) is 24.3. The zero-order chi connectivity index (χ0) is 24.5. The number of benzene rings is 1. The van der Waals surface area contributed by atoms with Crippen molar-refractivity contribution in [3.05, 3.63) is 45.0 Å². The second-order valence-corrected chi connectivity index (χ2v) is 13.0. The number of carboxylic acids is 1. The minimum atomic E-state index is -1.06. The molecule has 4 aliphatic rings. The van der Waals surface area contributed by atoms with E-state index in [2.05, 4.69) is 36.4 Å². The number of carbonyl (C=O) groups is 3. The quantitative estimate of drug-likeness (QED) is 0.200. The largest absolute Gasteiger partial charge is 0.481 e. The molecule has 182 valence electrons. The third-order valence-electron chi connectivity index (χ3n) is 9.65. The van der Waals surface area contributed by atoms with Crippen molar-refractivity contribution in [1.82, 2.24) is 0 Å². The smallest absolute Gasteiger partial charge is 0.338 e. The first-order valence-electron chi connectivity index (χ1n) is 12.1. The predicted molar refractivity (Wildman–Crippen MR) is 137 cm³/mol. The topological polar surface area (TPSA) is 80.7 Å². The van der Waals surface area contributed by atoms with Crippen molar-refractivity contribution >= 4 is 51.9 Å². The van der Waals surface area contributed by atoms with Crippen molar-refractivity contribution in [2.75, 3.05) is 0 Å². The molecule has 0 spiro atoms. The van der Waals surface area contributed by atoms with E-state index in [9.17, 15) is 19.5 Å². The fourth-order valence-corrected chi connectivity index (χ4v) is 8.79. The third kappa shape index (κ3) is 3.49. The Labute approximate surface area is 218 Å². The lowest BCUT2D eigenvalue weighted by atomic mass is 9.46. The summed E-state index contributed by atoms with van der Waals surface area (Å²) in [5, 5.41) is 9.67. The highest BCUT2D eigenvalue weighted by atomic mass is 127. The minimum absolute atomic E-state index is 0.158. The van der Waals surface area contributed by atoms with Crippen LogP contribution in [-0.2, 0) is 14.3 Å². The first-order valence-corrected chi connectivity index (χ1v) is 13.6. The van der Waals surface area contributed by atoms with E-state index < -0.39 is 22.2 Å². The van der Waals surface area contributed by atoms with Crippen LogP contribution in [0.5, 0.6) is 0 Å². The number of carboxylic acid groups (broad SMARTS) is 1. The normalized spacial score (nSPS) is 41.1. The number of halogens is 2. The summed E-state index contributed by atoms with van der Waals surface area (Å²) in [7, 11) is 0. The van der Waals surface area contributed by atoms with Crippen molar-refractivity contribution in [1.29, 1.82) is 0 Å². The highest BCUT2D eigenvalue weighted by Crippen LogP contribution is 2.70. The van der Waals surface area contributed by atoms with E-state index in [1.54, 1.807) is 12.1 Å². The van der Waals surface area contributed by atoms with E-state index in [-0.39, 0.29) is 35.6 Å². The molecule has 1 aromatic carbocycles. The van der Waals surface area contributed by atoms with Crippen LogP contribution in [-0.4, -0.2) is 33.8 Å². The van der Waals surface area contributed by atoms with Crippen LogP contribution in [0.2, 0.25) is 0 Å². The molecular weight excluding hydrogens is 567 g/mol. The Morgan fingerprint density at radius 2 is 1.91 bits per heavy atom. The van der Waals surface area contributed by atoms with E-state index in [0.717, 1.165) is 47.7 Å². The van der Waals surface area contributed by atoms with Crippen LogP contribution in [0.1, 0.15) is 69.2 Å². The SMILES string of the molecule is C[C@]12CC(C(=O)O)C(=O)C=C1CC[C@H]1[C@@H]3CCC(OC(=O)c4cccc(I)c4)[C@@]3(C)CC[C@]12Cl. The van der Waals surface area contributed by atoms with Crippen molar-refractivity contribution in [3.8, 4) is 0 Å². The van der Waals surface area contributed by atoms with Crippen LogP contribution in [0, 0.1) is 32.2 Å². The average Bonchev–Trinajstić information content (AvgIpc) is 3.10. The number of ether oxygens (including phenoxy) is 1. The number of alkyl halides is 1. The van der Waals surface area contributed by atoms with Crippen molar-refractivity contribution in [3.63, 3.8) is 0 Å². The maximum Gasteiger partial charge on any atom is 0.338 e. The molecule has 4 aliphatic carbocycles. The molecule has 5 rings (SSSR count). The summed E-state index contributed by atoms with van der Waals surface area (Å²) >= 11 is 9.75. The fourth-order valence-electron chi connectivity index (χ4n) is 7.69. The molecule has 0 aromatic heterocycles. The minimum Gasteiger partial charge on any atom is -0.481 e. The van der Waals surface area contributed by atoms with E-state index in [1.807, 2.05) is 18.2 Å². The molecule has 0 saturated heterocycles. The molecule has 7 atom stereocenters. The molecular formula is C27H30ClIO5. The summed E-state index contributed by atoms with van der Waals surface area (Å²) < 4.78 is 7.11. The van der Waals surface area contributed by atoms with Gasteiger partial charge in [0.05, 0.1) is 10.4 Å². The standard InChI is InChI=1S/C27H30ClIO5/c1-25-10-11-27(28)20(7-6-16-13-21(30)18(23(31)32)14-26(16,27)2)19(25)8-9-22(25)34-24(33)15-4-3-5-17(29)12-15/h3-5,12-13,18-20,22H,6-11,14H2,1-2H3,(H,31,32)/t18?,19-,20-,22?,25-,26-,27-/m0/s1. The molecule has 5 nitrogen and oxygen atoms in total. The van der Waals surface area contributed by atoms with Crippen LogP contribution in [0.3, 0.4) is 0 Å². The van der Waals surface area contributed by atoms with Crippen molar-refractivity contribution < 1.29 is 24.2 Å². The molecule has 3 saturated carbocycles. The summed E-state index contributed by atoms with van der Waals surface area (Å²) in [6.07, 6.45) is 6.63. The molecule has 0 aliphatic heterocycles. The molecule has 0 heterocycles. The first-order chi connectivity index (χ1) is 16.0. The highest BCUT2D eigenvalue weighted by Gasteiger charge is 2.67. The van der Waals surface area contributed by atoms with E-state index in [4.69, 9.17) is 16.3 Å². The van der Waals surface area contributed by atoms with Crippen LogP contribution >= 0.6 is 34.2 Å². The number of hydrogen-bond donors (Lipinski definition) is 1. The lowest BCUT2D eigenvalue weighted by Crippen LogP contribution is -2.61. The summed E-state index contributed by atoms with van der Waals surface area (Å²) in [5.74, 6) is -2.17. The zero-order valence-electron chi connectivity index (χ0n) is 19.5. The molecule has 1 aromatic rings. The maximum absolute atomic E-state index is 12.9. The molecule has 34 heavy (non-hydrogen) atoms. The van der Waals surface area contributed by atoms with Gasteiger partial charge in [-0.05, 0) is 104 Å². The Bertz CT molecular complexity index is 1100. The second kappa shape index (κ2) is 8.32. The van der Waals surface area contributed by atoms with Gasteiger partial charge in [0.25, 0.3) is 0 Å². The number of carbonyl (C=O) groups excluding carboxylic acids is 2. The lowest BCUT2D eigenvalue weighted by Gasteiger charge is -2.62. The molecule has 0 bridgehead atoms. The summed E-state index contributed by atoms with van der Waals surface area (Å²) in [6.45, 7) is 4.32. The summed E-state index contributed by atoms with van der Waals surface area (Å²) in [5.41, 5.74) is 0.915. The number of rotatable bonds is 3. The van der Waals surface area contributed by atoms with E-state index in [1.165, 1.54) is 0 Å². The highest BCUT2D eigenvalue weighted by molar-refractivity contribution is 14.1. The number of fused-ring (bicyclic) bond motifs is 5. The van der Waals surface area contributed by atoms with Gasteiger partial charge in [-0.3, -0.25) is 9.59 Å². The van der Waals surface area contributed by atoms with E-state index in [0.29, 0.717) is 11.5 Å². The Kier molecular flexibility index (Phi) is 5.95. The number of allylic oxidation sites excluding steroid dienone is 1. The molecule has 1 N–H and O–H groups in total. The van der Waals surface area contributed by atoms with Crippen LogP contribution in [0.25, 0.3) is 0 Å². The molecule has 2 unspecified atom stereocenters. The Hall–Kier alpha value is -1.41. The van der Waals surface area contributed by atoms with Gasteiger partial charge < -0.3 is 9.84 Å². The van der Waals surface area contributed by atoms with Crippen LogP contribution in [0.4, 0.5) is 0 Å². The molecule has 3 fully saturated rings. The molecule has 0 amide bonds. The Morgan fingerprint density at radius 1 is 1.15 bits per heavy atom. The van der Waals surface area contributed by atoms with Gasteiger partial charge in [-0.2, -0.15) is 0 Å². The summed E-state index contributed by atoms with van der Waals surface area (Å²) in [4.78, 5) is 36.6. The van der Waals surface area contributed by atoms with Gasteiger partial charge in [-0.1, -0.05) is 25.5 Å². The monoisotopic (exact) mass is 596 g/mol. The molecule has 0 radical (unpaired) electrons. The lowest BCUT2D eigenvalue weighted by molar-refractivity contribution is -0.148. The van der Waals surface area contributed by atoms with Crippen molar-refractivity contribution in [2.24, 2.45) is 28.6 Å². The van der Waals surface area contributed by atoms with Gasteiger partial charge in [-0.25, -0.2) is 4.79 Å². The van der Waals surface area contributed by atoms with Gasteiger partial charge in [0, 0.05) is 14.4 Å². The van der Waals surface area contributed by atoms with Gasteiger partial charge in [0.2, 0.25) is 0 Å². The fraction of sp³-hybridized carbons (Fsp3) is 0.593. The number of ketones is 1.